The van der Waals surface area contributed by atoms with Crippen LogP contribution in [0.2, 0.25) is 0 Å². The molecule has 0 atom stereocenters. The summed E-state index contributed by atoms with van der Waals surface area (Å²) >= 11 is 0. The number of hydrogen-bond acceptors (Lipinski definition) is 5. The molecule has 0 saturated carbocycles. The molecule has 0 radical (unpaired) electrons. The summed E-state index contributed by atoms with van der Waals surface area (Å²) in [5.74, 6) is -0.475. The second-order valence-corrected chi connectivity index (χ2v) is 4.53. The number of benzene rings is 2. The SMILES string of the molecule is N#CCOc1ccc(/C=N\NC(=O)COc2ccccc2F)cc1. The van der Waals surface area contributed by atoms with E-state index in [2.05, 4.69) is 10.5 Å². The molecule has 0 spiro atoms. The van der Waals surface area contributed by atoms with Crippen molar-refractivity contribution >= 4 is 12.1 Å². The molecular formula is C17H14FN3O3. The maximum atomic E-state index is 13.3. The second kappa shape index (κ2) is 8.90. The summed E-state index contributed by atoms with van der Waals surface area (Å²) in [4.78, 5) is 11.6. The number of amides is 1. The van der Waals surface area contributed by atoms with Gasteiger partial charge >= 0.3 is 0 Å². The molecule has 2 aromatic carbocycles. The van der Waals surface area contributed by atoms with Gasteiger partial charge in [-0.3, -0.25) is 4.79 Å². The summed E-state index contributed by atoms with van der Waals surface area (Å²) in [6, 6.07) is 14.5. The van der Waals surface area contributed by atoms with Gasteiger partial charge in [-0.2, -0.15) is 10.4 Å². The monoisotopic (exact) mass is 327 g/mol. The first kappa shape index (κ1) is 17.0. The van der Waals surface area contributed by atoms with Crippen LogP contribution in [-0.4, -0.2) is 25.3 Å². The van der Waals surface area contributed by atoms with Crippen molar-refractivity contribution in [2.75, 3.05) is 13.2 Å². The minimum atomic E-state index is -0.535. The van der Waals surface area contributed by atoms with Crippen LogP contribution >= 0.6 is 0 Å². The molecule has 0 aliphatic heterocycles. The summed E-state index contributed by atoms with van der Waals surface area (Å²) in [5.41, 5.74) is 3.01. The highest BCUT2D eigenvalue weighted by Gasteiger charge is 2.05. The number of rotatable bonds is 7. The lowest BCUT2D eigenvalue weighted by atomic mass is 10.2. The highest BCUT2D eigenvalue weighted by molar-refractivity contribution is 5.83. The average molecular weight is 327 g/mol. The minimum Gasteiger partial charge on any atom is -0.481 e. The topological polar surface area (TPSA) is 83.7 Å². The molecule has 0 unspecified atom stereocenters. The number of nitrogens with one attached hydrogen (secondary N) is 1. The van der Waals surface area contributed by atoms with Crippen LogP contribution < -0.4 is 14.9 Å². The average Bonchev–Trinajstić information content (AvgIpc) is 2.60. The third-order valence-electron chi connectivity index (χ3n) is 2.78. The van der Waals surface area contributed by atoms with Crippen molar-refractivity contribution in [2.45, 2.75) is 0 Å². The maximum absolute atomic E-state index is 13.3. The van der Waals surface area contributed by atoms with Gasteiger partial charge in [-0.25, -0.2) is 9.82 Å². The second-order valence-electron chi connectivity index (χ2n) is 4.53. The largest absolute Gasteiger partial charge is 0.481 e. The Labute approximate surface area is 138 Å². The van der Waals surface area contributed by atoms with Gasteiger partial charge in [0.2, 0.25) is 0 Å². The van der Waals surface area contributed by atoms with Gasteiger partial charge in [0.25, 0.3) is 5.91 Å². The Morgan fingerprint density at radius 3 is 2.67 bits per heavy atom. The van der Waals surface area contributed by atoms with Crippen LogP contribution in [0, 0.1) is 17.1 Å². The molecule has 1 N–H and O–H groups in total. The Morgan fingerprint density at radius 1 is 1.21 bits per heavy atom. The molecule has 0 fully saturated rings. The Kier molecular flexibility index (Phi) is 6.29. The molecule has 0 aliphatic carbocycles. The molecule has 6 nitrogen and oxygen atoms in total. The third kappa shape index (κ3) is 5.42. The van der Waals surface area contributed by atoms with Crippen molar-refractivity contribution in [1.82, 2.24) is 5.43 Å². The third-order valence-corrected chi connectivity index (χ3v) is 2.78. The van der Waals surface area contributed by atoms with E-state index < -0.39 is 11.7 Å². The standard InChI is InChI=1S/C17H14FN3O3/c18-15-3-1-2-4-16(15)24-12-17(22)21-20-11-13-5-7-14(8-6-13)23-10-9-19/h1-8,11H,10,12H2,(H,21,22)/b20-11-. The molecule has 7 heteroatoms. The number of hydrogen-bond donors (Lipinski definition) is 1. The minimum absolute atomic E-state index is 0.00425. The number of carbonyl (C=O) groups is 1. The molecule has 24 heavy (non-hydrogen) atoms. The van der Waals surface area contributed by atoms with E-state index in [1.165, 1.54) is 24.4 Å². The highest BCUT2D eigenvalue weighted by atomic mass is 19.1. The molecule has 0 heterocycles. The number of hydrazone groups is 1. The molecule has 0 saturated heterocycles. The fraction of sp³-hybridized carbons (Fsp3) is 0.118. The van der Waals surface area contributed by atoms with E-state index in [0.29, 0.717) is 5.75 Å². The molecule has 0 aliphatic rings. The summed E-state index contributed by atoms with van der Waals surface area (Å²) in [6.45, 7) is -0.370. The van der Waals surface area contributed by atoms with Gasteiger partial charge in [0.1, 0.15) is 11.8 Å². The van der Waals surface area contributed by atoms with Gasteiger partial charge in [0, 0.05) is 0 Å². The first-order valence-electron chi connectivity index (χ1n) is 6.98. The zero-order valence-corrected chi connectivity index (χ0v) is 12.6. The summed E-state index contributed by atoms with van der Waals surface area (Å²) in [5, 5.41) is 12.2. The van der Waals surface area contributed by atoms with E-state index >= 15 is 0 Å². The van der Waals surface area contributed by atoms with Gasteiger partial charge in [-0.05, 0) is 42.0 Å². The van der Waals surface area contributed by atoms with Crippen LogP contribution in [0.3, 0.4) is 0 Å². The van der Waals surface area contributed by atoms with Gasteiger partial charge in [-0.1, -0.05) is 12.1 Å². The molecule has 0 bridgehead atoms. The Morgan fingerprint density at radius 2 is 1.96 bits per heavy atom. The van der Waals surface area contributed by atoms with E-state index in [-0.39, 0.29) is 19.0 Å². The molecule has 2 rings (SSSR count). The number of nitrogens with zero attached hydrogens (tertiary/aromatic N) is 2. The van der Waals surface area contributed by atoms with Crippen molar-refractivity contribution in [3.05, 3.63) is 59.9 Å². The van der Waals surface area contributed by atoms with Crippen molar-refractivity contribution in [3.63, 3.8) is 0 Å². The van der Waals surface area contributed by atoms with E-state index in [0.717, 1.165) is 5.56 Å². The summed E-state index contributed by atoms with van der Waals surface area (Å²) < 4.78 is 23.5. The lowest BCUT2D eigenvalue weighted by Crippen LogP contribution is -2.24. The van der Waals surface area contributed by atoms with Gasteiger partial charge in [-0.15, -0.1) is 0 Å². The molecular weight excluding hydrogens is 313 g/mol. The maximum Gasteiger partial charge on any atom is 0.277 e. The first-order chi connectivity index (χ1) is 11.7. The van der Waals surface area contributed by atoms with Crippen molar-refractivity contribution in [2.24, 2.45) is 5.10 Å². The highest BCUT2D eigenvalue weighted by Crippen LogP contribution is 2.14. The zero-order valence-electron chi connectivity index (χ0n) is 12.6. The molecule has 2 aromatic rings. The van der Waals surface area contributed by atoms with Crippen molar-refractivity contribution in [3.8, 4) is 17.6 Å². The number of ether oxygens (including phenoxy) is 2. The van der Waals surface area contributed by atoms with E-state index in [9.17, 15) is 9.18 Å². The number of halogens is 1. The van der Waals surface area contributed by atoms with Crippen LogP contribution in [0.1, 0.15) is 5.56 Å². The number of nitriles is 1. The summed E-state index contributed by atoms with van der Waals surface area (Å²) in [7, 11) is 0. The number of para-hydroxylation sites is 1. The fourth-order valence-corrected chi connectivity index (χ4v) is 1.68. The lowest BCUT2D eigenvalue weighted by Gasteiger charge is -2.05. The zero-order chi connectivity index (χ0) is 17.2. The lowest BCUT2D eigenvalue weighted by molar-refractivity contribution is -0.123. The van der Waals surface area contributed by atoms with Gasteiger partial charge in [0.05, 0.1) is 6.21 Å². The van der Waals surface area contributed by atoms with E-state index in [1.54, 1.807) is 30.3 Å². The number of carbonyl (C=O) groups excluding carboxylic acids is 1. The van der Waals surface area contributed by atoms with Crippen LogP contribution in [0.15, 0.2) is 53.6 Å². The van der Waals surface area contributed by atoms with Crippen LogP contribution in [0.4, 0.5) is 4.39 Å². The van der Waals surface area contributed by atoms with Crippen LogP contribution in [0.25, 0.3) is 0 Å². The molecule has 0 aromatic heterocycles. The predicted molar refractivity (Wildman–Crippen MR) is 85.2 cm³/mol. The predicted octanol–water partition coefficient (Wildman–Crippen LogP) is 2.26. The Bertz CT molecular complexity index is 754. The Balaban J connectivity index is 1.78. The van der Waals surface area contributed by atoms with Gasteiger partial charge in [0.15, 0.2) is 24.8 Å². The van der Waals surface area contributed by atoms with Gasteiger partial charge < -0.3 is 9.47 Å². The first-order valence-corrected chi connectivity index (χ1v) is 6.98. The van der Waals surface area contributed by atoms with E-state index in [4.69, 9.17) is 14.7 Å². The van der Waals surface area contributed by atoms with Crippen molar-refractivity contribution in [1.29, 1.82) is 5.26 Å². The van der Waals surface area contributed by atoms with E-state index in [1.807, 2.05) is 6.07 Å². The van der Waals surface area contributed by atoms with Crippen molar-refractivity contribution < 1.29 is 18.7 Å². The van der Waals surface area contributed by atoms with Crippen LogP contribution in [-0.2, 0) is 4.79 Å². The molecule has 1 amide bonds. The fourth-order valence-electron chi connectivity index (χ4n) is 1.68. The summed E-state index contributed by atoms with van der Waals surface area (Å²) in [6.07, 6.45) is 1.44. The van der Waals surface area contributed by atoms with Crippen LogP contribution in [0.5, 0.6) is 11.5 Å². The normalized spacial score (nSPS) is 10.2. The molecule has 122 valence electrons. The Hall–Kier alpha value is -3.40. The quantitative estimate of drug-likeness (QED) is 0.624. The smallest absolute Gasteiger partial charge is 0.277 e.